The molecule has 3 aromatic rings. The number of carbonyl (C=O) groups excluding carboxylic acids is 1. The predicted molar refractivity (Wildman–Crippen MR) is 97.3 cm³/mol. The zero-order chi connectivity index (χ0) is 17.5. The van der Waals surface area contributed by atoms with Crippen LogP contribution >= 0.6 is 0 Å². The van der Waals surface area contributed by atoms with Crippen LogP contribution in [0.2, 0.25) is 0 Å². The number of aromatic nitrogens is 4. The Bertz CT molecular complexity index is 1000. The van der Waals surface area contributed by atoms with Crippen molar-refractivity contribution in [3.8, 4) is 11.1 Å². The number of fused-ring (bicyclic) bond motifs is 1. The van der Waals surface area contributed by atoms with Crippen molar-refractivity contribution in [2.45, 2.75) is 25.3 Å². The van der Waals surface area contributed by atoms with Crippen LogP contribution in [0, 0.1) is 0 Å². The van der Waals surface area contributed by atoms with Crippen molar-refractivity contribution >= 4 is 11.7 Å². The molecule has 6 heteroatoms. The minimum Gasteiger partial charge on any atom is -0.326 e. The third-order valence-electron chi connectivity index (χ3n) is 5.06. The van der Waals surface area contributed by atoms with E-state index in [1.807, 2.05) is 18.2 Å². The van der Waals surface area contributed by atoms with E-state index in [4.69, 9.17) is 0 Å². The number of hydrogen-bond donors (Lipinski definition) is 1. The Morgan fingerprint density at radius 2 is 1.73 bits per heavy atom. The molecule has 2 aromatic carbocycles. The van der Waals surface area contributed by atoms with Crippen LogP contribution in [0.1, 0.15) is 30.9 Å². The molecule has 128 valence electrons. The first-order valence-corrected chi connectivity index (χ1v) is 8.78. The summed E-state index contributed by atoms with van der Waals surface area (Å²) < 4.78 is 1.71. The number of benzene rings is 2. The molecule has 0 radical (unpaired) electrons. The Balaban J connectivity index is 1.60. The Labute approximate surface area is 150 Å². The lowest BCUT2D eigenvalue weighted by atomic mass is 9.85. The van der Waals surface area contributed by atoms with Gasteiger partial charge in [0.25, 0.3) is 0 Å². The number of rotatable bonds is 2. The molecule has 1 N–H and O–H groups in total. The van der Waals surface area contributed by atoms with Crippen molar-refractivity contribution in [1.82, 2.24) is 20.2 Å². The molecular weight excluding hydrogens is 326 g/mol. The van der Waals surface area contributed by atoms with E-state index in [-0.39, 0.29) is 11.8 Å². The van der Waals surface area contributed by atoms with E-state index in [9.17, 15) is 4.79 Å². The second-order valence-corrected chi connectivity index (χ2v) is 6.63. The van der Waals surface area contributed by atoms with E-state index in [0.717, 1.165) is 35.2 Å². The minimum absolute atomic E-state index is 0.178. The number of allylic oxidation sites excluding steroid dienone is 2. The Kier molecular flexibility index (Phi) is 3.41. The maximum atomic E-state index is 12.7. The standard InChI is InChI=1S/C20H17N5O/c26-17-8-4-7-16-18(17)19(25-20(21-16)22-23-24-25)15-11-9-14(10-12-15)13-5-2-1-3-6-13/h1-3,5-6,9-12,19H,4,7-8H2,(H,21,22,24). The number of ketones is 1. The number of tetrazole rings is 1. The fraction of sp³-hybridized carbons (Fsp3) is 0.200. The molecule has 2 aliphatic rings. The normalized spacial score (nSPS) is 18.9. The van der Waals surface area contributed by atoms with Crippen molar-refractivity contribution in [3.63, 3.8) is 0 Å². The summed E-state index contributed by atoms with van der Waals surface area (Å²) >= 11 is 0. The lowest BCUT2D eigenvalue weighted by Crippen LogP contribution is -2.31. The van der Waals surface area contributed by atoms with E-state index in [2.05, 4.69) is 57.2 Å². The van der Waals surface area contributed by atoms with E-state index < -0.39 is 0 Å². The summed E-state index contributed by atoms with van der Waals surface area (Å²) in [6.45, 7) is 0. The molecule has 5 rings (SSSR count). The van der Waals surface area contributed by atoms with Crippen LogP contribution in [0.5, 0.6) is 0 Å². The maximum Gasteiger partial charge on any atom is 0.248 e. The first-order valence-electron chi connectivity index (χ1n) is 8.78. The molecule has 0 bridgehead atoms. The number of Topliss-reactive ketones (excluding diaryl/α,β-unsaturated/α-hetero) is 1. The van der Waals surface area contributed by atoms with Gasteiger partial charge in [0.05, 0.1) is 0 Å². The SMILES string of the molecule is O=C1CCCC2=C1C(c1ccc(-c3ccccc3)cc1)n1nnnc1N2. The number of nitrogens with one attached hydrogen (secondary N) is 1. The fourth-order valence-electron chi connectivity index (χ4n) is 3.81. The van der Waals surface area contributed by atoms with Crippen LogP contribution in [0.4, 0.5) is 5.95 Å². The van der Waals surface area contributed by atoms with E-state index in [0.29, 0.717) is 12.4 Å². The molecule has 1 aliphatic heterocycles. The first-order chi connectivity index (χ1) is 12.8. The van der Waals surface area contributed by atoms with Crippen molar-refractivity contribution in [1.29, 1.82) is 0 Å². The summed E-state index contributed by atoms with van der Waals surface area (Å²) in [7, 11) is 0. The smallest absolute Gasteiger partial charge is 0.248 e. The fourth-order valence-corrected chi connectivity index (χ4v) is 3.81. The van der Waals surface area contributed by atoms with Gasteiger partial charge < -0.3 is 5.32 Å². The van der Waals surface area contributed by atoms with Gasteiger partial charge in [-0.3, -0.25) is 4.79 Å². The van der Waals surface area contributed by atoms with Gasteiger partial charge >= 0.3 is 0 Å². The van der Waals surface area contributed by atoms with Crippen LogP contribution < -0.4 is 5.32 Å². The Morgan fingerprint density at radius 3 is 2.54 bits per heavy atom. The maximum absolute atomic E-state index is 12.7. The summed E-state index contributed by atoms with van der Waals surface area (Å²) in [5, 5.41) is 15.2. The minimum atomic E-state index is -0.270. The molecule has 0 saturated carbocycles. The largest absolute Gasteiger partial charge is 0.326 e. The molecule has 1 aliphatic carbocycles. The molecule has 0 saturated heterocycles. The van der Waals surface area contributed by atoms with E-state index >= 15 is 0 Å². The highest BCUT2D eigenvalue weighted by atomic mass is 16.1. The second-order valence-electron chi connectivity index (χ2n) is 6.63. The summed E-state index contributed by atoms with van der Waals surface area (Å²) in [6.07, 6.45) is 2.30. The predicted octanol–water partition coefficient (Wildman–Crippen LogP) is 3.36. The van der Waals surface area contributed by atoms with Gasteiger partial charge in [-0.15, -0.1) is 0 Å². The molecule has 2 heterocycles. The second kappa shape index (κ2) is 5.91. The van der Waals surface area contributed by atoms with Gasteiger partial charge in [0.1, 0.15) is 6.04 Å². The van der Waals surface area contributed by atoms with Gasteiger partial charge in [-0.25, -0.2) is 0 Å². The van der Waals surface area contributed by atoms with E-state index in [1.165, 1.54) is 5.56 Å². The summed E-state index contributed by atoms with van der Waals surface area (Å²) in [5.74, 6) is 0.771. The van der Waals surface area contributed by atoms with Gasteiger partial charge in [0.15, 0.2) is 5.78 Å². The van der Waals surface area contributed by atoms with Gasteiger partial charge in [0.2, 0.25) is 5.95 Å². The molecule has 1 unspecified atom stereocenters. The number of hydrogen-bond acceptors (Lipinski definition) is 5. The molecule has 0 spiro atoms. The molecule has 1 aromatic heterocycles. The van der Waals surface area contributed by atoms with Gasteiger partial charge in [-0.1, -0.05) is 59.7 Å². The van der Waals surface area contributed by atoms with Crippen molar-refractivity contribution < 1.29 is 4.79 Å². The number of nitrogens with zero attached hydrogens (tertiary/aromatic N) is 4. The lowest BCUT2D eigenvalue weighted by molar-refractivity contribution is -0.116. The van der Waals surface area contributed by atoms with Crippen LogP contribution in [0.15, 0.2) is 65.9 Å². The summed E-state index contributed by atoms with van der Waals surface area (Å²) in [6, 6.07) is 18.3. The third-order valence-corrected chi connectivity index (χ3v) is 5.06. The molecular formula is C20H17N5O. The molecule has 0 amide bonds. The number of carbonyl (C=O) groups is 1. The van der Waals surface area contributed by atoms with Crippen LogP contribution in [-0.4, -0.2) is 26.0 Å². The Morgan fingerprint density at radius 1 is 0.962 bits per heavy atom. The summed E-state index contributed by atoms with van der Waals surface area (Å²) in [4.78, 5) is 12.7. The highest BCUT2D eigenvalue weighted by molar-refractivity contribution is 5.99. The van der Waals surface area contributed by atoms with Crippen LogP contribution in [0.25, 0.3) is 11.1 Å². The van der Waals surface area contributed by atoms with Gasteiger partial charge in [-0.2, -0.15) is 4.68 Å². The molecule has 0 fully saturated rings. The van der Waals surface area contributed by atoms with Gasteiger partial charge in [0, 0.05) is 17.7 Å². The molecule has 26 heavy (non-hydrogen) atoms. The monoisotopic (exact) mass is 343 g/mol. The molecule has 1 atom stereocenters. The zero-order valence-corrected chi connectivity index (χ0v) is 14.1. The van der Waals surface area contributed by atoms with E-state index in [1.54, 1.807) is 4.68 Å². The lowest BCUT2D eigenvalue weighted by Gasteiger charge is -2.31. The third kappa shape index (κ3) is 2.34. The van der Waals surface area contributed by atoms with Crippen molar-refractivity contribution in [2.24, 2.45) is 0 Å². The van der Waals surface area contributed by atoms with Crippen molar-refractivity contribution in [2.75, 3.05) is 5.32 Å². The average molecular weight is 343 g/mol. The highest BCUT2D eigenvalue weighted by Crippen LogP contribution is 2.39. The average Bonchev–Trinajstić information content (AvgIpc) is 3.16. The quantitative estimate of drug-likeness (QED) is 0.772. The zero-order valence-electron chi connectivity index (χ0n) is 14.1. The number of anilines is 1. The topological polar surface area (TPSA) is 72.7 Å². The Hall–Kier alpha value is -3.28. The first kappa shape index (κ1) is 15.0. The highest BCUT2D eigenvalue weighted by Gasteiger charge is 2.36. The van der Waals surface area contributed by atoms with Crippen LogP contribution in [-0.2, 0) is 4.79 Å². The van der Waals surface area contributed by atoms with Crippen LogP contribution in [0.3, 0.4) is 0 Å². The van der Waals surface area contributed by atoms with Gasteiger partial charge in [-0.05, 0) is 40.0 Å². The van der Waals surface area contributed by atoms with Crippen molar-refractivity contribution in [3.05, 3.63) is 71.4 Å². The summed E-state index contributed by atoms with van der Waals surface area (Å²) in [5.41, 5.74) is 5.08. The molecule has 6 nitrogen and oxygen atoms in total.